The third-order valence-electron chi connectivity index (χ3n) is 3.23. The maximum atomic E-state index is 12.3. The van der Waals surface area contributed by atoms with Crippen molar-refractivity contribution in [2.24, 2.45) is 5.41 Å². The highest BCUT2D eigenvalue weighted by atomic mass is 32.1. The lowest BCUT2D eigenvalue weighted by atomic mass is 9.81. The van der Waals surface area contributed by atoms with Crippen LogP contribution in [0.1, 0.15) is 26.2 Å². The molecular formula is C12H18N2OS. The number of nitrogens with one attached hydrogen (secondary N) is 2. The van der Waals surface area contributed by atoms with Gasteiger partial charge in [-0.1, -0.05) is 13.3 Å². The second-order valence-electron chi connectivity index (χ2n) is 4.42. The van der Waals surface area contributed by atoms with Crippen LogP contribution in [0.5, 0.6) is 0 Å². The summed E-state index contributed by atoms with van der Waals surface area (Å²) in [7, 11) is 0. The number of carbonyl (C=O) groups excluding carboxylic acids is 1. The van der Waals surface area contributed by atoms with Gasteiger partial charge in [-0.3, -0.25) is 4.79 Å². The second-order valence-corrected chi connectivity index (χ2v) is 5.20. The van der Waals surface area contributed by atoms with Crippen molar-refractivity contribution in [1.82, 2.24) is 5.32 Å². The molecule has 3 nitrogen and oxygen atoms in total. The molecule has 0 bridgehead atoms. The van der Waals surface area contributed by atoms with Gasteiger partial charge in [0.2, 0.25) is 5.91 Å². The maximum Gasteiger partial charge on any atom is 0.231 e. The SMILES string of the molecule is CCCC1(C(=O)Nc2ccsc2)CCNC1. The molecule has 1 atom stereocenters. The van der Waals surface area contributed by atoms with Gasteiger partial charge in [-0.05, 0) is 30.8 Å². The molecule has 1 amide bonds. The first-order chi connectivity index (χ1) is 7.77. The van der Waals surface area contributed by atoms with Crippen LogP contribution in [0.15, 0.2) is 16.8 Å². The van der Waals surface area contributed by atoms with Crippen molar-refractivity contribution in [3.63, 3.8) is 0 Å². The molecule has 4 heteroatoms. The van der Waals surface area contributed by atoms with Crippen LogP contribution in [-0.4, -0.2) is 19.0 Å². The smallest absolute Gasteiger partial charge is 0.231 e. The summed E-state index contributed by atoms with van der Waals surface area (Å²) < 4.78 is 0. The van der Waals surface area contributed by atoms with Gasteiger partial charge in [0.1, 0.15) is 0 Å². The van der Waals surface area contributed by atoms with Gasteiger partial charge in [0.15, 0.2) is 0 Å². The monoisotopic (exact) mass is 238 g/mol. The summed E-state index contributed by atoms with van der Waals surface area (Å²) in [5.41, 5.74) is 0.744. The lowest BCUT2D eigenvalue weighted by molar-refractivity contribution is -0.125. The average Bonchev–Trinajstić information content (AvgIpc) is 2.89. The lowest BCUT2D eigenvalue weighted by Crippen LogP contribution is -2.38. The summed E-state index contributed by atoms with van der Waals surface area (Å²) >= 11 is 1.61. The number of anilines is 1. The normalized spacial score (nSPS) is 24.6. The van der Waals surface area contributed by atoms with Gasteiger partial charge in [-0.15, -0.1) is 0 Å². The molecule has 88 valence electrons. The molecule has 2 rings (SSSR count). The van der Waals surface area contributed by atoms with E-state index in [1.807, 2.05) is 16.8 Å². The number of rotatable bonds is 4. The van der Waals surface area contributed by atoms with E-state index in [9.17, 15) is 4.79 Å². The Balaban J connectivity index is 2.05. The van der Waals surface area contributed by atoms with E-state index in [4.69, 9.17) is 0 Å². The van der Waals surface area contributed by atoms with Crippen molar-refractivity contribution in [1.29, 1.82) is 0 Å². The highest BCUT2D eigenvalue weighted by molar-refractivity contribution is 7.08. The van der Waals surface area contributed by atoms with Gasteiger partial charge in [-0.25, -0.2) is 0 Å². The minimum atomic E-state index is -0.184. The largest absolute Gasteiger partial charge is 0.325 e. The van der Waals surface area contributed by atoms with Crippen LogP contribution in [0.3, 0.4) is 0 Å². The minimum absolute atomic E-state index is 0.178. The fourth-order valence-electron chi connectivity index (χ4n) is 2.34. The minimum Gasteiger partial charge on any atom is -0.325 e. The van der Waals surface area contributed by atoms with Crippen molar-refractivity contribution in [2.45, 2.75) is 26.2 Å². The van der Waals surface area contributed by atoms with E-state index in [1.54, 1.807) is 11.3 Å². The summed E-state index contributed by atoms with van der Waals surface area (Å²) in [4.78, 5) is 12.3. The van der Waals surface area contributed by atoms with Crippen molar-refractivity contribution < 1.29 is 4.79 Å². The average molecular weight is 238 g/mol. The molecule has 0 aromatic carbocycles. The van der Waals surface area contributed by atoms with Crippen molar-refractivity contribution in [3.8, 4) is 0 Å². The van der Waals surface area contributed by atoms with Crippen molar-refractivity contribution >= 4 is 22.9 Å². The highest BCUT2D eigenvalue weighted by Crippen LogP contribution is 2.32. The quantitative estimate of drug-likeness (QED) is 0.846. The predicted octanol–water partition coefficient (Wildman–Crippen LogP) is 2.47. The first kappa shape index (κ1) is 11.6. The zero-order valence-corrected chi connectivity index (χ0v) is 10.4. The van der Waals surface area contributed by atoms with Gasteiger partial charge < -0.3 is 10.6 Å². The first-order valence-electron chi connectivity index (χ1n) is 5.81. The molecule has 1 saturated heterocycles. The van der Waals surface area contributed by atoms with Crippen LogP contribution in [0, 0.1) is 5.41 Å². The summed E-state index contributed by atoms with van der Waals surface area (Å²) in [6, 6.07) is 1.95. The molecule has 1 aliphatic rings. The van der Waals surface area contributed by atoms with Gasteiger partial charge in [0.25, 0.3) is 0 Å². The van der Waals surface area contributed by atoms with Gasteiger partial charge in [-0.2, -0.15) is 11.3 Å². The first-order valence-corrected chi connectivity index (χ1v) is 6.75. The van der Waals surface area contributed by atoms with Crippen LogP contribution in [0.25, 0.3) is 0 Å². The molecular weight excluding hydrogens is 220 g/mol. The van der Waals surface area contributed by atoms with Gasteiger partial charge in [0, 0.05) is 11.9 Å². The van der Waals surface area contributed by atoms with Crippen LogP contribution < -0.4 is 10.6 Å². The Hall–Kier alpha value is -0.870. The highest BCUT2D eigenvalue weighted by Gasteiger charge is 2.40. The lowest BCUT2D eigenvalue weighted by Gasteiger charge is -2.26. The summed E-state index contributed by atoms with van der Waals surface area (Å²) in [5.74, 6) is 0.178. The number of hydrogen-bond acceptors (Lipinski definition) is 3. The Bertz CT molecular complexity index is 342. The molecule has 1 aromatic rings. The van der Waals surface area contributed by atoms with E-state index in [0.29, 0.717) is 0 Å². The van der Waals surface area contributed by atoms with Crippen LogP contribution in [-0.2, 0) is 4.79 Å². The molecule has 0 aliphatic carbocycles. The Morgan fingerprint density at radius 1 is 1.69 bits per heavy atom. The Kier molecular flexibility index (Phi) is 3.61. The van der Waals surface area contributed by atoms with E-state index in [2.05, 4.69) is 17.6 Å². The molecule has 0 saturated carbocycles. The standard InChI is InChI=1S/C12H18N2OS/c1-2-4-12(5-6-13-9-12)11(15)14-10-3-7-16-8-10/h3,7-8,13H,2,4-6,9H2,1H3,(H,14,15). The van der Waals surface area contributed by atoms with Crippen molar-refractivity contribution in [3.05, 3.63) is 16.8 Å². The van der Waals surface area contributed by atoms with Crippen LogP contribution >= 0.6 is 11.3 Å². The summed E-state index contributed by atoms with van der Waals surface area (Å²) in [6.07, 6.45) is 2.98. The molecule has 16 heavy (non-hydrogen) atoms. The van der Waals surface area contributed by atoms with E-state index in [0.717, 1.165) is 38.0 Å². The number of thiophene rings is 1. The Morgan fingerprint density at radius 3 is 3.12 bits per heavy atom. The molecule has 0 spiro atoms. The molecule has 1 aliphatic heterocycles. The molecule has 1 aromatic heterocycles. The van der Waals surface area contributed by atoms with Gasteiger partial charge in [0.05, 0.1) is 11.1 Å². The third-order valence-corrected chi connectivity index (χ3v) is 3.92. The molecule has 1 unspecified atom stereocenters. The number of hydrogen-bond donors (Lipinski definition) is 2. The molecule has 0 radical (unpaired) electrons. The van der Waals surface area contributed by atoms with E-state index in [-0.39, 0.29) is 11.3 Å². The fraction of sp³-hybridized carbons (Fsp3) is 0.583. The number of carbonyl (C=O) groups is 1. The molecule has 2 N–H and O–H groups in total. The Morgan fingerprint density at radius 2 is 2.56 bits per heavy atom. The van der Waals surface area contributed by atoms with Crippen LogP contribution in [0.4, 0.5) is 5.69 Å². The third kappa shape index (κ3) is 2.28. The Labute approximate surface area is 100 Å². The predicted molar refractivity (Wildman–Crippen MR) is 67.8 cm³/mol. The van der Waals surface area contributed by atoms with Gasteiger partial charge >= 0.3 is 0 Å². The fourth-order valence-corrected chi connectivity index (χ4v) is 2.93. The van der Waals surface area contributed by atoms with Crippen molar-refractivity contribution in [2.75, 3.05) is 18.4 Å². The topological polar surface area (TPSA) is 41.1 Å². The number of amides is 1. The molecule has 1 fully saturated rings. The van der Waals surface area contributed by atoms with Crippen LogP contribution in [0.2, 0.25) is 0 Å². The summed E-state index contributed by atoms with van der Waals surface area (Å²) in [6.45, 7) is 3.91. The zero-order valence-electron chi connectivity index (χ0n) is 9.58. The molecule has 2 heterocycles. The van der Waals surface area contributed by atoms with E-state index < -0.39 is 0 Å². The second kappa shape index (κ2) is 4.97. The summed E-state index contributed by atoms with van der Waals surface area (Å²) in [5, 5.41) is 10.3. The maximum absolute atomic E-state index is 12.3. The van der Waals surface area contributed by atoms with E-state index >= 15 is 0 Å². The zero-order chi connectivity index (χ0) is 11.4. The van der Waals surface area contributed by atoms with E-state index in [1.165, 1.54) is 0 Å².